The number of hydrogen-bond acceptors (Lipinski definition) is 6. The normalized spacial score (nSPS) is 14.4. The summed E-state index contributed by atoms with van der Waals surface area (Å²) in [4.78, 5) is 11.4. The van der Waals surface area contributed by atoms with Crippen LogP contribution in [-0.2, 0) is 6.54 Å². The molecule has 3 rings (SSSR count). The molecule has 1 aliphatic heterocycles. The molecule has 6 nitrogen and oxygen atoms in total. The summed E-state index contributed by atoms with van der Waals surface area (Å²) in [5, 5.41) is 11.4. The molecule has 2 aromatic rings. The predicted molar refractivity (Wildman–Crippen MR) is 87.0 cm³/mol. The molecular weight excluding hydrogens is 276 g/mol. The van der Waals surface area contributed by atoms with Crippen LogP contribution < -0.4 is 10.2 Å². The van der Waals surface area contributed by atoms with Gasteiger partial charge in [-0.1, -0.05) is 0 Å². The van der Waals surface area contributed by atoms with Crippen molar-refractivity contribution in [2.24, 2.45) is 0 Å². The molecule has 0 atom stereocenters. The van der Waals surface area contributed by atoms with Gasteiger partial charge in [-0.2, -0.15) is 5.10 Å². The van der Waals surface area contributed by atoms with Gasteiger partial charge in [0.15, 0.2) is 0 Å². The lowest BCUT2D eigenvalue weighted by molar-refractivity contribution is 0.882. The number of aryl methyl sites for hydroxylation is 3. The molecule has 1 aliphatic rings. The fourth-order valence-corrected chi connectivity index (χ4v) is 2.64. The SMILES string of the molecule is Cc1cc(CNc2nnc(C)c(C)n2)cc(N2CCCC2)n1. The number of nitrogens with one attached hydrogen (secondary N) is 1. The molecule has 1 saturated heterocycles. The Labute approximate surface area is 131 Å². The number of aromatic nitrogens is 4. The second-order valence-corrected chi connectivity index (χ2v) is 5.83. The Hall–Kier alpha value is -2.24. The maximum Gasteiger partial charge on any atom is 0.243 e. The van der Waals surface area contributed by atoms with Crippen molar-refractivity contribution in [3.63, 3.8) is 0 Å². The van der Waals surface area contributed by atoms with Crippen molar-refractivity contribution in [2.45, 2.75) is 40.2 Å². The van der Waals surface area contributed by atoms with Crippen molar-refractivity contribution in [2.75, 3.05) is 23.3 Å². The molecule has 0 amide bonds. The summed E-state index contributed by atoms with van der Waals surface area (Å²) in [7, 11) is 0. The van der Waals surface area contributed by atoms with Crippen LogP contribution in [0.25, 0.3) is 0 Å². The van der Waals surface area contributed by atoms with Gasteiger partial charge in [-0.3, -0.25) is 0 Å². The van der Waals surface area contributed by atoms with Crippen molar-refractivity contribution >= 4 is 11.8 Å². The summed E-state index contributed by atoms with van der Waals surface area (Å²) < 4.78 is 0. The van der Waals surface area contributed by atoms with Gasteiger partial charge >= 0.3 is 0 Å². The van der Waals surface area contributed by atoms with Gasteiger partial charge in [-0.05, 0) is 51.3 Å². The van der Waals surface area contributed by atoms with Crippen LogP contribution in [0.5, 0.6) is 0 Å². The quantitative estimate of drug-likeness (QED) is 0.935. The van der Waals surface area contributed by atoms with E-state index < -0.39 is 0 Å². The maximum absolute atomic E-state index is 4.65. The van der Waals surface area contributed by atoms with Crippen LogP contribution in [0.4, 0.5) is 11.8 Å². The molecule has 0 aliphatic carbocycles. The van der Waals surface area contributed by atoms with E-state index in [2.05, 4.69) is 42.5 Å². The lowest BCUT2D eigenvalue weighted by Crippen LogP contribution is -2.19. The first kappa shape index (κ1) is 14.7. The number of nitrogens with zero attached hydrogens (tertiary/aromatic N) is 5. The highest BCUT2D eigenvalue weighted by molar-refractivity contribution is 5.44. The zero-order chi connectivity index (χ0) is 15.5. The van der Waals surface area contributed by atoms with Crippen molar-refractivity contribution in [3.8, 4) is 0 Å². The summed E-state index contributed by atoms with van der Waals surface area (Å²) >= 11 is 0. The minimum Gasteiger partial charge on any atom is -0.357 e. The maximum atomic E-state index is 4.65. The molecular formula is C16H22N6. The van der Waals surface area contributed by atoms with Crippen LogP contribution >= 0.6 is 0 Å². The summed E-state index contributed by atoms with van der Waals surface area (Å²) in [5.74, 6) is 1.65. The molecule has 0 radical (unpaired) electrons. The Morgan fingerprint density at radius 1 is 1.00 bits per heavy atom. The number of pyridine rings is 1. The standard InChI is InChI=1S/C16H22N6/c1-11-8-14(9-15(18-11)22-6-4-5-7-22)10-17-16-19-12(2)13(3)20-21-16/h8-9H,4-7,10H2,1-3H3,(H,17,19,21). The van der Waals surface area contributed by atoms with E-state index in [1.165, 1.54) is 18.4 Å². The Morgan fingerprint density at radius 3 is 2.50 bits per heavy atom. The average molecular weight is 298 g/mol. The Bertz CT molecular complexity index is 664. The van der Waals surface area contributed by atoms with Crippen LogP contribution in [0.15, 0.2) is 12.1 Å². The number of anilines is 2. The third-order valence-electron chi connectivity index (χ3n) is 3.97. The molecule has 2 aromatic heterocycles. The third kappa shape index (κ3) is 3.32. The van der Waals surface area contributed by atoms with E-state index in [4.69, 9.17) is 0 Å². The van der Waals surface area contributed by atoms with Gasteiger partial charge in [0.2, 0.25) is 5.95 Å². The molecule has 0 spiro atoms. The summed E-state index contributed by atoms with van der Waals surface area (Å²) in [6.07, 6.45) is 2.51. The minimum absolute atomic E-state index is 0.570. The predicted octanol–water partition coefficient (Wildman–Crippen LogP) is 2.40. The smallest absolute Gasteiger partial charge is 0.243 e. The molecule has 0 aromatic carbocycles. The lowest BCUT2D eigenvalue weighted by Gasteiger charge is -2.18. The zero-order valence-corrected chi connectivity index (χ0v) is 13.4. The Balaban J connectivity index is 1.72. The summed E-state index contributed by atoms with van der Waals surface area (Å²) in [6, 6.07) is 4.25. The molecule has 1 N–H and O–H groups in total. The first-order valence-electron chi connectivity index (χ1n) is 7.76. The van der Waals surface area contributed by atoms with Gasteiger partial charge in [0.05, 0.1) is 11.4 Å². The van der Waals surface area contributed by atoms with Gasteiger partial charge in [0.1, 0.15) is 5.82 Å². The van der Waals surface area contributed by atoms with Crippen molar-refractivity contribution < 1.29 is 0 Å². The van der Waals surface area contributed by atoms with Gasteiger partial charge in [0.25, 0.3) is 0 Å². The van der Waals surface area contributed by atoms with Crippen LogP contribution in [-0.4, -0.2) is 33.3 Å². The van der Waals surface area contributed by atoms with Crippen LogP contribution in [0.2, 0.25) is 0 Å². The Kier molecular flexibility index (Phi) is 4.18. The Morgan fingerprint density at radius 2 is 1.77 bits per heavy atom. The third-order valence-corrected chi connectivity index (χ3v) is 3.97. The van der Waals surface area contributed by atoms with E-state index in [1.54, 1.807) is 0 Å². The van der Waals surface area contributed by atoms with Crippen molar-refractivity contribution in [1.82, 2.24) is 20.2 Å². The van der Waals surface area contributed by atoms with E-state index in [9.17, 15) is 0 Å². The van der Waals surface area contributed by atoms with E-state index in [1.807, 2.05) is 20.8 Å². The molecule has 6 heteroatoms. The van der Waals surface area contributed by atoms with E-state index in [0.717, 1.165) is 36.0 Å². The fraction of sp³-hybridized carbons (Fsp3) is 0.500. The molecule has 0 unspecified atom stereocenters. The average Bonchev–Trinajstić information content (AvgIpc) is 3.02. The monoisotopic (exact) mass is 298 g/mol. The highest BCUT2D eigenvalue weighted by atomic mass is 15.2. The topological polar surface area (TPSA) is 66.8 Å². The second-order valence-electron chi connectivity index (χ2n) is 5.83. The molecule has 116 valence electrons. The van der Waals surface area contributed by atoms with Gasteiger partial charge in [-0.15, -0.1) is 5.10 Å². The van der Waals surface area contributed by atoms with Crippen LogP contribution in [0.1, 0.15) is 35.5 Å². The highest BCUT2D eigenvalue weighted by Gasteiger charge is 2.14. The molecule has 1 fully saturated rings. The van der Waals surface area contributed by atoms with E-state index in [-0.39, 0.29) is 0 Å². The molecule has 3 heterocycles. The number of hydrogen-bond donors (Lipinski definition) is 1. The van der Waals surface area contributed by atoms with Crippen molar-refractivity contribution in [3.05, 3.63) is 34.8 Å². The second kappa shape index (κ2) is 6.25. The molecule has 22 heavy (non-hydrogen) atoms. The lowest BCUT2D eigenvalue weighted by atomic mass is 10.2. The summed E-state index contributed by atoms with van der Waals surface area (Å²) in [6.45, 7) is 8.78. The van der Waals surface area contributed by atoms with E-state index in [0.29, 0.717) is 12.5 Å². The largest absolute Gasteiger partial charge is 0.357 e. The van der Waals surface area contributed by atoms with Crippen LogP contribution in [0.3, 0.4) is 0 Å². The minimum atomic E-state index is 0.570. The highest BCUT2D eigenvalue weighted by Crippen LogP contribution is 2.20. The molecule has 0 saturated carbocycles. The number of rotatable bonds is 4. The van der Waals surface area contributed by atoms with Gasteiger partial charge in [0, 0.05) is 25.3 Å². The van der Waals surface area contributed by atoms with E-state index >= 15 is 0 Å². The fourth-order valence-electron chi connectivity index (χ4n) is 2.64. The van der Waals surface area contributed by atoms with Gasteiger partial charge in [-0.25, -0.2) is 9.97 Å². The van der Waals surface area contributed by atoms with Crippen LogP contribution in [0, 0.1) is 20.8 Å². The zero-order valence-electron chi connectivity index (χ0n) is 13.4. The first-order valence-corrected chi connectivity index (χ1v) is 7.76. The first-order chi connectivity index (χ1) is 10.6. The van der Waals surface area contributed by atoms with Crippen molar-refractivity contribution in [1.29, 1.82) is 0 Å². The molecule has 0 bridgehead atoms. The summed E-state index contributed by atoms with van der Waals surface area (Å²) in [5.41, 5.74) is 4.00. The van der Waals surface area contributed by atoms with Gasteiger partial charge < -0.3 is 10.2 Å².